The van der Waals surface area contributed by atoms with E-state index in [0.717, 1.165) is 0 Å². The minimum Gasteiger partial charge on any atom is -0.478 e. The Balaban J connectivity index is 2.32. The first-order valence-electron chi connectivity index (χ1n) is 4.91. The maximum Gasteiger partial charge on any atom is 0.337 e. The van der Waals surface area contributed by atoms with Gasteiger partial charge in [0.1, 0.15) is 11.8 Å². The standard InChI is InChI=1S/C12H7N3O3/c13-4-8-1-2-14-7-11(8)18-10-3-9(12(16)17)5-15-6-10/h1-3,5-7H,(H,16,17). The lowest BCUT2D eigenvalue weighted by Crippen LogP contribution is -1.98. The van der Waals surface area contributed by atoms with Crippen LogP contribution in [-0.2, 0) is 0 Å². The van der Waals surface area contributed by atoms with Crippen molar-refractivity contribution in [3.05, 3.63) is 48.0 Å². The number of hydrogen-bond donors (Lipinski definition) is 1. The van der Waals surface area contributed by atoms with E-state index in [-0.39, 0.29) is 17.1 Å². The molecule has 2 aromatic heterocycles. The van der Waals surface area contributed by atoms with Crippen LogP contribution >= 0.6 is 0 Å². The van der Waals surface area contributed by atoms with E-state index < -0.39 is 5.97 Å². The van der Waals surface area contributed by atoms with Crippen molar-refractivity contribution in [2.24, 2.45) is 0 Å². The lowest BCUT2D eigenvalue weighted by atomic mass is 10.2. The number of nitrogens with zero attached hydrogens (tertiary/aromatic N) is 3. The summed E-state index contributed by atoms with van der Waals surface area (Å²) in [7, 11) is 0. The highest BCUT2D eigenvalue weighted by atomic mass is 16.5. The van der Waals surface area contributed by atoms with E-state index >= 15 is 0 Å². The van der Waals surface area contributed by atoms with Gasteiger partial charge in [0.25, 0.3) is 0 Å². The fraction of sp³-hybridized carbons (Fsp3) is 0. The molecule has 88 valence electrons. The zero-order valence-electron chi connectivity index (χ0n) is 9.07. The van der Waals surface area contributed by atoms with Crippen LogP contribution in [0.5, 0.6) is 11.5 Å². The molecule has 6 heteroatoms. The highest BCUT2D eigenvalue weighted by Crippen LogP contribution is 2.23. The largest absolute Gasteiger partial charge is 0.478 e. The summed E-state index contributed by atoms with van der Waals surface area (Å²) in [5, 5.41) is 17.7. The first kappa shape index (κ1) is 11.5. The predicted molar refractivity (Wildman–Crippen MR) is 60.2 cm³/mol. The van der Waals surface area contributed by atoms with Crippen LogP contribution in [0.1, 0.15) is 15.9 Å². The smallest absolute Gasteiger partial charge is 0.337 e. The van der Waals surface area contributed by atoms with E-state index in [4.69, 9.17) is 15.1 Å². The molecule has 0 fully saturated rings. The molecular weight excluding hydrogens is 234 g/mol. The molecule has 2 heterocycles. The molecule has 1 N–H and O–H groups in total. The van der Waals surface area contributed by atoms with Crippen molar-refractivity contribution < 1.29 is 14.6 Å². The normalized spacial score (nSPS) is 9.50. The van der Waals surface area contributed by atoms with Crippen LogP contribution in [0, 0.1) is 11.3 Å². The van der Waals surface area contributed by atoms with Gasteiger partial charge in [0, 0.05) is 12.4 Å². The Hall–Kier alpha value is -2.94. The van der Waals surface area contributed by atoms with E-state index in [1.54, 1.807) is 0 Å². The lowest BCUT2D eigenvalue weighted by Gasteiger charge is -2.06. The second-order valence-electron chi connectivity index (χ2n) is 3.30. The monoisotopic (exact) mass is 241 g/mol. The highest BCUT2D eigenvalue weighted by Gasteiger charge is 2.08. The average Bonchev–Trinajstić information content (AvgIpc) is 2.39. The summed E-state index contributed by atoms with van der Waals surface area (Å²) in [6, 6.07) is 4.78. The molecule has 0 unspecified atom stereocenters. The van der Waals surface area contributed by atoms with E-state index in [2.05, 4.69) is 9.97 Å². The van der Waals surface area contributed by atoms with Crippen molar-refractivity contribution in [3.8, 4) is 17.6 Å². The summed E-state index contributed by atoms with van der Waals surface area (Å²) >= 11 is 0. The van der Waals surface area contributed by atoms with Gasteiger partial charge in [0.2, 0.25) is 0 Å². The van der Waals surface area contributed by atoms with Crippen LogP contribution in [0.2, 0.25) is 0 Å². The van der Waals surface area contributed by atoms with E-state index in [1.165, 1.54) is 36.9 Å². The van der Waals surface area contributed by atoms with Gasteiger partial charge in [-0.05, 0) is 12.1 Å². The Morgan fingerprint density at radius 2 is 2.17 bits per heavy atom. The second-order valence-corrected chi connectivity index (χ2v) is 3.30. The number of ether oxygens (including phenoxy) is 1. The van der Waals surface area contributed by atoms with Crippen molar-refractivity contribution >= 4 is 5.97 Å². The summed E-state index contributed by atoms with van der Waals surface area (Å²) < 4.78 is 5.38. The Morgan fingerprint density at radius 3 is 2.89 bits per heavy atom. The zero-order chi connectivity index (χ0) is 13.0. The summed E-state index contributed by atoms with van der Waals surface area (Å²) in [6.45, 7) is 0. The van der Waals surface area contributed by atoms with E-state index in [0.29, 0.717) is 5.56 Å². The lowest BCUT2D eigenvalue weighted by molar-refractivity contribution is 0.0696. The summed E-state index contributed by atoms with van der Waals surface area (Å²) in [4.78, 5) is 18.4. The molecule has 2 rings (SSSR count). The molecule has 0 aliphatic carbocycles. The van der Waals surface area contributed by atoms with E-state index in [9.17, 15) is 4.79 Å². The van der Waals surface area contributed by atoms with Crippen molar-refractivity contribution in [2.45, 2.75) is 0 Å². The number of pyridine rings is 2. The molecule has 0 atom stereocenters. The summed E-state index contributed by atoms with van der Waals surface area (Å²) in [5.41, 5.74) is 0.320. The van der Waals surface area contributed by atoms with Crippen LogP contribution in [-0.4, -0.2) is 21.0 Å². The molecular formula is C12H7N3O3. The maximum atomic E-state index is 10.8. The Bertz CT molecular complexity index is 634. The third-order valence-corrected chi connectivity index (χ3v) is 2.09. The number of aromatic carboxylic acids is 1. The fourth-order valence-electron chi connectivity index (χ4n) is 1.27. The van der Waals surface area contributed by atoms with Gasteiger partial charge in [-0.3, -0.25) is 9.97 Å². The topological polar surface area (TPSA) is 96.1 Å². The molecule has 0 radical (unpaired) electrons. The predicted octanol–water partition coefficient (Wildman–Crippen LogP) is 1.84. The maximum absolute atomic E-state index is 10.8. The molecule has 0 saturated carbocycles. The molecule has 6 nitrogen and oxygen atoms in total. The number of carbonyl (C=O) groups is 1. The van der Waals surface area contributed by atoms with Crippen molar-refractivity contribution in [1.29, 1.82) is 5.26 Å². The summed E-state index contributed by atoms with van der Waals surface area (Å²) in [6.07, 6.45) is 5.42. The molecule has 0 aliphatic rings. The van der Waals surface area contributed by atoms with Crippen LogP contribution in [0.25, 0.3) is 0 Å². The number of rotatable bonds is 3. The molecule has 0 spiro atoms. The summed E-state index contributed by atoms with van der Waals surface area (Å²) in [5.74, 6) is -0.608. The molecule has 0 saturated heterocycles. The minimum absolute atomic E-state index is 0.00916. The number of carboxylic acid groups (broad SMARTS) is 1. The average molecular weight is 241 g/mol. The SMILES string of the molecule is N#Cc1ccncc1Oc1cncc(C(=O)O)c1. The molecule has 2 aromatic rings. The number of hydrogen-bond acceptors (Lipinski definition) is 5. The van der Waals surface area contributed by atoms with Crippen LogP contribution in [0.4, 0.5) is 0 Å². The van der Waals surface area contributed by atoms with Gasteiger partial charge < -0.3 is 9.84 Å². The van der Waals surface area contributed by atoms with Crippen LogP contribution in [0.15, 0.2) is 36.9 Å². The van der Waals surface area contributed by atoms with Gasteiger partial charge in [0.15, 0.2) is 5.75 Å². The van der Waals surface area contributed by atoms with Crippen LogP contribution < -0.4 is 4.74 Å². The Kier molecular flexibility index (Phi) is 3.16. The third-order valence-electron chi connectivity index (χ3n) is 2.09. The quantitative estimate of drug-likeness (QED) is 0.880. The molecule has 0 bridgehead atoms. The number of nitriles is 1. The van der Waals surface area contributed by atoms with Gasteiger partial charge in [-0.15, -0.1) is 0 Å². The Labute approximate surface area is 102 Å². The zero-order valence-corrected chi connectivity index (χ0v) is 9.07. The van der Waals surface area contributed by atoms with Gasteiger partial charge in [0.05, 0.1) is 23.5 Å². The first-order chi connectivity index (χ1) is 8.70. The van der Waals surface area contributed by atoms with Gasteiger partial charge >= 0.3 is 5.97 Å². The van der Waals surface area contributed by atoms with Crippen molar-refractivity contribution in [1.82, 2.24) is 9.97 Å². The van der Waals surface area contributed by atoms with Crippen molar-refractivity contribution in [3.63, 3.8) is 0 Å². The molecule has 0 aromatic carbocycles. The van der Waals surface area contributed by atoms with Gasteiger partial charge in [-0.2, -0.15) is 5.26 Å². The van der Waals surface area contributed by atoms with Crippen molar-refractivity contribution in [2.75, 3.05) is 0 Å². The molecule has 0 aliphatic heterocycles. The second kappa shape index (κ2) is 4.93. The fourth-order valence-corrected chi connectivity index (χ4v) is 1.27. The first-order valence-corrected chi connectivity index (χ1v) is 4.91. The minimum atomic E-state index is -1.10. The number of carboxylic acids is 1. The van der Waals surface area contributed by atoms with Crippen LogP contribution in [0.3, 0.4) is 0 Å². The van der Waals surface area contributed by atoms with Gasteiger partial charge in [-0.25, -0.2) is 4.79 Å². The molecule has 18 heavy (non-hydrogen) atoms. The number of aromatic nitrogens is 2. The van der Waals surface area contributed by atoms with E-state index in [1.807, 2.05) is 6.07 Å². The highest BCUT2D eigenvalue weighted by molar-refractivity contribution is 5.87. The molecule has 0 amide bonds. The van der Waals surface area contributed by atoms with Gasteiger partial charge in [-0.1, -0.05) is 0 Å². The Morgan fingerprint density at radius 1 is 1.33 bits per heavy atom. The third kappa shape index (κ3) is 2.41.